The quantitative estimate of drug-likeness (QED) is 0.826. The van der Waals surface area contributed by atoms with Gasteiger partial charge in [0, 0.05) is 37.6 Å². The van der Waals surface area contributed by atoms with Gasteiger partial charge in [0.25, 0.3) is 5.91 Å². The highest BCUT2D eigenvalue weighted by atomic mass is 16.2. The number of benzene rings is 1. The van der Waals surface area contributed by atoms with Crippen LogP contribution in [-0.4, -0.2) is 44.3 Å². The van der Waals surface area contributed by atoms with E-state index in [4.69, 9.17) is 0 Å². The van der Waals surface area contributed by atoms with E-state index in [1.165, 1.54) is 0 Å². The number of aromatic nitrogens is 2. The molecule has 0 saturated carbocycles. The van der Waals surface area contributed by atoms with E-state index in [0.29, 0.717) is 25.2 Å². The van der Waals surface area contributed by atoms with Gasteiger partial charge in [-0.25, -0.2) is 4.98 Å². The first kappa shape index (κ1) is 13.1. The summed E-state index contributed by atoms with van der Waals surface area (Å²) in [7, 11) is 0. The zero-order chi connectivity index (χ0) is 15.1. The zero-order valence-corrected chi connectivity index (χ0v) is 12.1. The summed E-state index contributed by atoms with van der Waals surface area (Å²) in [6.45, 7) is 2.59. The Morgan fingerprint density at radius 3 is 2.91 bits per heavy atom. The lowest BCUT2D eigenvalue weighted by molar-refractivity contribution is -0.133. The van der Waals surface area contributed by atoms with Crippen LogP contribution in [0.4, 0.5) is 0 Å². The molecule has 1 aromatic heterocycles. The van der Waals surface area contributed by atoms with E-state index in [2.05, 4.69) is 9.55 Å². The second-order valence-electron chi connectivity index (χ2n) is 5.67. The fourth-order valence-corrected chi connectivity index (χ4v) is 3.09. The lowest BCUT2D eigenvalue weighted by Gasteiger charge is -2.29. The van der Waals surface area contributed by atoms with Gasteiger partial charge in [0.2, 0.25) is 5.91 Å². The van der Waals surface area contributed by atoms with Gasteiger partial charge in [-0.3, -0.25) is 9.59 Å². The fraction of sp³-hybridized carbons (Fsp3) is 0.312. The van der Waals surface area contributed by atoms with Crippen LogP contribution in [0.1, 0.15) is 21.7 Å². The minimum atomic E-state index is -0.0533. The van der Waals surface area contributed by atoms with E-state index in [9.17, 15) is 9.59 Å². The molecule has 0 spiro atoms. The van der Waals surface area contributed by atoms with E-state index in [1.54, 1.807) is 16.0 Å². The first-order valence-corrected chi connectivity index (χ1v) is 7.37. The number of amides is 2. The van der Waals surface area contributed by atoms with Crippen LogP contribution in [-0.2, 0) is 24.4 Å². The van der Waals surface area contributed by atoms with E-state index in [-0.39, 0.29) is 18.4 Å². The summed E-state index contributed by atoms with van der Waals surface area (Å²) in [6.07, 6.45) is 3.68. The van der Waals surface area contributed by atoms with Crippen LogP contribution in [0.2, 0.25) is 0 Å². The summed E-state index contributed by atoms with van der Waals surface area (Å²) >= 11 is 0. The van der Waals surface area contributed by atoms with Crippen LogP contribution < -0.4 is 0 Å². The van der Waals surface area contributed by atoms with Crippen molar-refractivity contribution in [2.45, 2.75) is 19.6 Å². The molecular weight excluding hydrogens is 280 g/mol. The molecule has 2 aliphatic rings. The molecule has 0 aliphatic carbocycles. The van der Waals surface area contributed by atoms with Crippen molar-refractivity contribution in [2.24, 2.45) is 0 Å². The summed E-state index contributed by atoms with van der Waals surface area (Å²) < 4.78 is 2.06. The molecule has 4 rings (SSSR count). The zero-order valence-electron chi connectivity index (χ0n) is 12.1. The Bertz CT molecular complexity index is 752. The summed E-state index contributed by atoms with van der Waals surface area (Å²) in [4.78, 5) is 32.4. The summed E-state index contributed by atoms with van der Waals surface area (Å²) in [5.74, 6) is 0.827. The predicted octanol–water partition coefficient (Wildman–Crippen LogP) is 0.881. The summed E-state index contributed by atoms with van der Waals surface area (Å²) in [6, 6.07) is 7.53. The third kappa shape index (κ3) is 2.07. The Balaban J connectivity index is 1.45. The maximum Gasteiger partial charge on any atom is 0.254 e. The van der Waals surface area contributed by atoms with Crippen molar-refractivity contribution in [3.05, 3.63) is 53.6 Å². The maximum atomic E-state index is 12.5. The fourth-order valence-electron chi connectivity index (χ4n) is 3.09. The molecule has 2 aliphatic heterocycles. The second kappa shape index (κ2) is 4.98. The monoisotopic (exact) mass is 296 g/mol. The van der Waals surface area contributed by atoms with Crippen molar-refractivity contribution in [2.75, 3.05) is 13.1 Å². The van der Waals surface area contributed by atoms with Gasteiger partial charge in [0.1, 0.15) is 12.4 Å². The van der Waals surface area contributed by atoms with Crippen molar-refractivity contribution >= 4 is 11.8 Å². The third-order valence-electron chi connectivity index (χ3n) is 4.32. The SMILES string of the molecule is O=C(CN1Cc2ccccc2C1=O)N1CCn2ccnc2C1. The van der Waals surface area contributed by atoms with Gasteiger partial charge < -0.3 is 14.4 Å². The summed E-state index contributed by atoms with van der Waals surface area (Å²) in [5, 5.41) is 0. The van der Waals surface area contributed by atoms with Crippen LogP contribution >= 0.6 is 0 Å². The topological polar surface area (TPSA) is 58.4 Å². The number of carbonyl (C=O) groups excluding carboxylic acids is 2. The Labute approximate surface area is 128 Å². The lowest BCUT2D eigenvalue weighted by Crippen LogP contribution is -2.44. The van der Waals surface area contributed by atoms with Crippen LogP contribution in [0.25, 0.3) is 0 Å². The molecule has 0 atom stereocenters. The highest BCUT2D eigenvalue weighted by molar-refractivity contribution is 6.00. The van der Waals surface area contributed by atoms with Crippen LogP contribution in [0.15, 0.2) is 36.7 Å². The number of fused-ring (bicyclic) bond motifs is 2. The minimum Gasteiger partial charge on any atom is -0.332 e. The molecule has 3 heterocycles. The molecule has 0 N–H and O–H groups in total. The lowest BCUT2D eigenvalue weighted by atomic mass is 10.1. The van der Waals surface area contributed by atoms with Crippen molar-refractivity contribution in [1.29, 1.82) is 0 Å². The van der Waals surface area contributed by atoms with Crippen LogP contribution in [0, 0.1) is 0 Å². The predicted molar refractivity (Wildman–Crippen MR) is 78.8 cm³/mol. The molecule has 2 amide bonds. The molecule has 2 aromatic rings. The first-order chi connectivity index (χ1) is 10.7. The number of nitrogens with zero attached hydrogens (tertiary/aromatic N) is 4. The molecule has 0 bridgehead atoms. The molecular formula is C16H16N4O2. The molecule has 6 nitrogen and oxygen atoms in total. The highest BCUT2D eigenvalue weighted by Gasteiger charge is 2.30. The van der Waals surface area contributed by atoms with E-state index < -0.39 is 0 Å². The van der Waals surface area contributed by atoms with Crippen molar-refractivity contribution in [3.63, 3.8) is 0 Å². The van der Waals surface area contributed by atoms with E-state index >= 15 is 0 Å². The minimum absolute atomic E-state index is 0.0181. The standard InChI is InChI=1S/C16H16N4O2/c21-15(19-8-7-18-6-5-17-14(18)10-19)11-20-9-12-3-1-2-4-13(12)16(20)22/h1-6H,7-11H2. The van der Waals surface area contributed by atoms with Crippen LogP contribution in [0.5, 0.6) is 0 Å². The Morgan fingerprint density at radius 2 is 2.05 bits per heavy atom. The molecule has 0 unspecified atom stereocenters. The highest BCUT2D eigenvalue weighted by Crippen LogP contribution is 2.22. The van der Waals surface area contributed by atoms with Gasteiger partial charge in [-0.05, 0) is 11.6 Å². The molecule has 112 valence electrons. The van der Waals surface area contributed by atoms with Crippen LogP contribution in [0.3, 0.4) is 0 Å². The van der Waals surface area contributed by atoms with Crippen molar-refractivity contribution < 1.29 is 9.59 Å². The largest absolute Gasteiger partial charge is 0.332 e. The third-order valence-corrected chi connectivity index (χ3v) is 4.32. The van der Waals surface area contributed by atoms with Gasteiger partial charge in [-0.1, -0.05) is 18.2 Å². The van der Waals surface area contributed by atoms with Gasteiger partial charge in [-0.15, -0.1) is 0 Å². The molecule has 22 heavy (non-hydrogen) atoms. The molecule has 6 heteroatoms. The molecule has 1 aromatic carbocycles. The normalized spacial score (nSPS) is 16.6. The molecule has 0 radical (unpaired) electrons. The number of rotatable bonds is 2. The van der Waals surface area contributed by atoms with Crippen molar-refractivity contribution in [1.82, 2.24) is 19.4 Å². The number of carbonyl (C=O) groups is 2. The average Bonchev–Trinajstić information content (AvgIpc) is 3.12. The van der Waals surface area contributed by atoms with Crippen molar-refractivity contribution in [3.8, 4) is 0 Å². The van der Waals surface area contributed by atoms with E-state index in [1.807, 2.05) is 30.5 Å². The Morgan fingerprint density at radius 1 is 1.18 bits per heavy atom. The average molecular weight is 296 g/mol. The number of imidazole rings is 1. The van der Waals surface area contributed by atoms with Gasteiger partial charge in [-0.2, -0.15) is 0 Å². The smallest absolute Gasteiger partial charge is 0.254 e. The van der Waals surface area contributed by atoms with Gasteiger partial charge in [0.15, 0.2) is 0 Å². The van der Waals surface area contributed by atoms with E-state index in [0.717, 1.165) is 17.9 Å². The number of hydrogen-bond acceptors (Lipinski definition) is 3. The Hall–Kier alpha value is -2.63. The number of hydrogen-bond donors (Lipinski definition) is 0. The van der Waals surface area contributed by atoms with Gasteiger partial charge in [0.05, 0.1) is 6.54 Å². The van der Waals surface area contributed by atoms with Gasteiger partial charge >= 0.3 is 0 Å². The maximum absolute atomic E-state index is 12.5. The summed E-state index contributed by atoms with van der Waals surface area (Å²) in [5.41, 5.74) is 1.71. The molecule has 0 saturated heterocycles. The molecule has 0 fully saturated rings. The Kier molecular flexibility index (Phi) is 2.96. The second-order valence-corrected chi connectivity index (χ2v) is 5.67. The first-order valence-electron chi connectivity index (χ1n) is 7.37.